The number of hydrogen-bond donors (Lipinski definition) is 0. The Bertz CT molecular complexity index is 351. The van der Waals surface area contributed by atoms with Crippen LogP contribution in [-0.2, 0) is 9.47 Å². The fraction of sp³-hybridized carbons (Fsp3) is 0.545. The molecule has 0 aliphatic rings. The maximum absolute atomic E-state index is 11.9. The number of carbonyl (C=O) groups excluding carboxylic acids is 1. The molecule has 0 saturated heterocycles. The highest BCUT2D eigenvalue weighted by molar-refractivity contribution is 7.18. The van der Waals surface area contributed by atoms with Crippen LogP contribution >= 0.6 is 22.9 Å². The van der Waals surface area contributed by atoms with Gasteiger partial charge < -0.3 is 9.47 Å². The number of hydrogen-bond acceptors (Lipinski definition) is 4. The summed E-state index contributed by atoms with van der Waals surface area (Å²) < 4.78 is 11.1. The van der Waals surface area contributed by atoms with Gasteiger partial charge in [-0.15, -0.1) is 11.3 Å². The predicted octanol–water partition coefficient (Wildman–Crippen LogP) is 3.02. The highest BCUT2D eigenvalue weighted by Gasteiger charge is 2.19. The quantitative estimate of drug-likeness (QED) is 0.740. The summed E-state index contributed by atoms with van der Waals surface area (Å²) in [6, 6.07) is 3.43. The van der Waals surface area contributed by atoms with E-state index in [0.717, 1.165) is 0 Å². The molecule has 0 bridgehead atoms. The van der Waals surface area contributed by atoms with Gasteiger partial charge in [-0.25, -0.2) is 0 Å². The van der Waals surface area contributed by atoms with Gasteiger partial charge in [-0.05, 0) is 26.0 Å². The van der Waals surface area contributed by atoms with Crippen LogP contribution in [0.1, 0.15) is 23.5 Å². The second kappa shape index (κ2) is 6.35. The van der Waals surface area contributed by atoms with E-state index < -0.39 is 6.10 Å². The van der Waals surface area contributed by atoms with E-state index in [-0.39, 0.29) is 11.9 Å². The molecule has 5 heteroatoms. The van der Waals surface area contributed by atoms with Crippen LogP contribution in [0.25, 0.3) is 0 Å². The molecule has 16 heavy (non-hydrogen) atoms. The van der Waals surface area contributed by atoms with Crippen LogP contribution in [0.5, 0.6) is 0 Å². The van der Waals surface area contributed by atoms with Crippen molar-refractivity contribution >= 4 is 28.7 Å². The molecule has 0 fully saturated rings. The van der Waals surface area contributed by atoms with Gasteiger partial charge in [0.2, 0.25) is 5.78 Å². The zero-order chi connectivity index (χ0) is 12.1. The van der Waals surface area contributed by atoms with Crippen LogP contribution in [-0.4, -0.2) is 31.7 Å². The summed E-state index contributed by atoms with van der Waals surface area (Å²) in [5, 5.41) is 0. The van der Waals surface area contributed by atoms with Crippen LogP contribution < -0.4 is 0 Å². The van der Waals surface area contributed by atoms with Crippen LogP contribution in [0, 0.1) is 0 Å². The average Bonchev–Trinajstić information content (AvgIpc) is 2.64. The van der Waals surface area contributed by atoms with Gasteiger partial charge in [0.15, 0.2) is 0 Å². The minimum Gasteiger partial charge on any atom is -0.382 e. The molecule has 0 aliphatic heterocycles. The van der Waals surface area contributed by atoms with E-state index in [1.54, 1.807) is 26.2 Å². The lowest BCUT2D eigenvalue weighted by atomic mass is 10.2. The first kappa shape index (κ1) is 13.6. The molecule has 0 spiro atoms. The maximum atomic E-state index is 11.9. The van der Waals surface area contributed by atoms with Crippen molar-refractivity contribution in [3.63, 3.8) is 0 Å². The lowest BCUT2D eigenvalue weighted by Crippen LogP contribution is -2.27. The Morgan fingerprint density at radius 3 is 2.69 bits per heavy atom. The number of ketones is 1. The molecular weight excluding hydrogens is 248 g/mol. The Morgan fingerprint density at radius 2 is 2.19 bits per heavy atom. The SMILES string of the molecule is COCC(C)OC(C)C(=O)c1ccc(Cl)s1. The van der Waals surface area contributed by atoms with Crippen molar-refractivity contribution < 1.29 is 14.3 Å². The van der Waals surface area contributed by atoms with E-state index in [1.807, 2.05) is 6.92 Å². The molecule has 0 radical (unpaired) electrons. The molecule has 0 N–H and O–H groups in total. The van der Waals surface area contributed by atoms with Crippen molar-refractivity contribution in [1.82, 2.24) is 0 Å². The third-order valence-electron chi connectivity index (χ3n) is 2.02. The molecule has 90 valence electrons. The molecule has 2 atom stereocenters. The van der Waals surface area contributed by atoms with Crippen molar-refractivity contribution in [1.29, 1.82) is 0 Å². The molecule has 2 unspecified atom stereocenters. The number of carbonyl (C=O) groups is 1. The van der Waals surface area contributed by atoms with Gasteiger partial charge in [0.05, 0.1) is 21.9 Å². The zero-order valence-electron chi connectivity index (χ0n) is 9.53. The molecule has 0 saturated carbocycles. The molecule has 3 nitrogen and oxygen atoms in total. The molecule has 0 amide bonds. The first-order chi connectivity index (χ1) is 7.54. The summed E-state index contributed by atoms with van der Waals surface area (Å²) in [6.07, 6.45) is -0.570. The Kier molecular flexibility index (Phi) is 5.41. The van der Waals surface area contributed by atoms with Gasteiger partial charge in [-0.2, -0.15) is 0 Å². The van der Waals surface area contributed by atoms with Crippen molar-refractivity contribution in [3.05, 3.63) is 21.3 Å². The Morgan fingerprint density at radius 1 is 1.50 bits per heavy atom. The van der Waals surface area contributed by atoms with Gasteiger partial charge in [-0.1, -0.05) is 11.6 Å². The van der Waals surface area contributed by atoms with Crippen molar-refractivity contribution in [2.24, 2.45) is 0 Å². The standard InChI is InChI=1S/C11H15ClO3S/c1-7(6-14-3)15-8(2)11(13)9-4-5-10(12)16-9/h4-5,7-8H,6H2,1-3H3. The van der Waals surface area contributed by atoms with Crippen molar-refractivity contribution in [3.8, 4) is 0 Å². The third-order valence-corrected chi connectivity index (χ3v) is 3.27. The van der Waals surface area contributed by atoms with Crippen molar-refractivity contribution in [2.45, 2.75) is 26.1 Å². The minimum atomic E-state index is -0.472. The number of ether oxygens (including phenoxy) is 2. The van der Waals surface area contributed by atoms with Gasteiger partial charge in [-0.3, -0.25) is 4.79 Å². The number of methoxy groups -OCH3 is 1. The first-order valence-electron chi connectivity index (χ1n) is 4.98. The van der Waals surface area contributed by atoms with Crippen LogP contribution in [0.15, 0.2) is 12.1 Å². The number of thiophene rings is 1. The first-order valence-corrected chi connectivity index (χ1v) is 6.18. The summed E-state index contributed by atoms with van der Waals surface area (Å²) in [5.41, 5.74) is 0. The summed E-state index contributed by atoms with van der Waals surface area (Å²) in [4.78, 5) is 12.5. The summed E-state index contributed by atoms with van der Waals surface area (Å²) >= 11 is 7.04. The molecule has 1 aromatic heterocycles. The minimum absolute atomic E-state index is 0.0418. The largest absolute Gasteiger partial charge is 0.382 e. The van der Waals surface area contributed by atoms with Crippen LogP contribution in [0.4, 0.5) is 0 Å². The normalized spacial score (nSPS) is 14.8. The lowest BCUT2D eigenvalue weighted by Gasteiger charge is -2.16. The second-order valence-electron chi connectivity index (χ2n) is 3.51. The van der Waals surface area contributed by atoms with Gasteiger partial charge in [0.1, 0.15) is 6.10 Å². The predicted molar refractivity (Wildman–Crippen MR) is 65.5 cm³/mol. The van der Waals surface area contributed by atoms with Crippen LogP contribution in [0.2, 0.25) is 4.34 Å². The monoisotopic (exact) mass is 262 g/mol. The Balaban J connectivity index is 2.54. The fourth-order valence-corrected chi connectivity index (χ4v) is 2.39. The highest BCUT2D eigenvalue weighted by Crippen LogP contribution is 2.23. The number of halogens is 1. The van der Waals surface area contributed by atoms with E-state index in [4.69, 9.17) is 21.1 Å². The smallest absolute Gasteiger partial charge is 0.201 e. The van der Waals surface area contributed by atoms with Crippen molar-refractivity contribution in [2.75, 3.05) is 13.7 Å². The summed E-state index contributed by atoms with van der Waals surface area (Å²) in [7, 11) is 1.60. The number of rotatable bonds is 6. The van der Waals surface area contributed by atoms with E-state index in [2.05, 4.69) is 0 Å². The Hall–Kier alpha value is -0.420. The van der Waals surface area contributed by atoms with Gasteiger partial charge in [0.25, 0.3) is 0 Å². The Labute approximate surface area is 104 Å². The molecule has 1 heterocycles. The summed E-state index contributed by atoms with van der Waals surface area (Å²) in [5.74, 6) is -0.0418. The molecule has 0 aliphatic carbocycles. The summed E-state index contributed by atoms with van der Waals surface area (Å²) in [6.45, 7) is 4.08. The molecular formula is C11H15ClO3S. The van der Waals surface area contributed by atoms with Gasteiger partial charge >= 0.3 is 0 Å². The highest BCUT2D eigenvalue weighted by atomic mass is 35.5. The third kappa shape index (κ3) is 3.87. The number of Topliss-reactive ketones (excluding diaryl/α,β-unsaturated/α-hetero) is 1. The fourth-order valence-electron chi connectivity index (χ4n) is 1.33. The van der Waals surface area contributed by atoms with Gasteiger partial charge in [0, 0.05) is 7.11 Å². The van der Waals surface area contributed by atoms with E-state index in [1.165, 1.54) is 11.3 Å². The maximum Gasteiger partial charge on any atom is 0.201 e. The van der Waals surface area contributed by atoms with Crippen LogP contribution in [0.3, 0.4) is 0 Å². The molecule has 0 aromatic carbocycles. The second-order valence-corrected chi connectivity index (χ2v) is 5.23. The molecule has 1 aromatic rings. The van der Waals surface area contributed by atoms with E-state index >= 15 is 0 Å². The topological polar surface area (TPSA) is 35.5 Å². The van der Waals surface area contributed by atoms with E-state index in [9.17, 15) is 4.79 Å². The van der Waals surface area contributed by atoms with E-state index in [0.29, 0.717) is 15.8 Å². The lowest BCUT2D eigenvalue weighted by molar-refractivity contribution is -0.0213. The molecule has 1 rings (SSSR count). The zero-order valence-corrected chi connectivity index (χ0v) is 11.1. The average molecular weight is 263 g/mol.